The maximum absolute atomic E-state index is 13.4. The zero-order valence-electron chi connectivity index (χ0n) is 8.72. The van der Waals surface area contributed by atoms with Gasteiger partial charge in [-0.1, -0.05) is 12.1 Å². The summed E-state index contributed by atoms with van der Waals surface area (Å²) in [7, 11) is 0. The van der Waals surface area contributed by atoms with E-state index in [0.29, 0.717) is 0 Å². The molecule has 6 heteroatoms. The van der Waals surface area contributed by atoms with Crippen LogP contribution in [0.1, 0.15) is 17.5 Å². The molecular formula is C11H9F4NO. The minimum Gasteiger partial charge on any atom is -0.376 e. The molecule has 0 radical (unpaired) electrons. The van der Waals surface area contributed by atoms with Crippen molar-refractivity contribution in [3.8, 4) is 6.07 Å². The van der Waals surface area contributed by atoms with E-state index < -0.39 is 25.0 Å². The number of alkyl halides is 3. The molecule has 0 aliphatic heterocycles. The van der Waals surface area contributed by atoms with E-state index in [1.54, 1.807) is 6.07 Å². The quantitative estimate of drug-likeness (QED) is 0.604. The first-order chi connectivity index (χ1) is 7.94. The Morgan fingerprint density at radius 2 is 2.00 bits per heavy atom. The van der Waals surface area contributed by atoms with Gasteiger partial charge >= 0.3 is 6.18 Å². The van der Waals surface area contributed by atoms with Crippen LogP contribution in [-0.4, -0.2) is 12.8 Å². The minimum absolute atomic E-state index is 0.0752. The standard InChI is InChI=1S/C11H9F4NO/c12-10-8(6-16)2-1-3-9(10)7-17-5-4-11(13,14)15/h1-3H,4-5,7H2. The van der Waals surface area contributed by atoms with Crippen LogP contribution in [-0.2, 0) is 11.3 Å². The van der Waals surface area contributed by atoms with Gasteiger partial charge in [0.25, 0.3) is 0 Å². The number of rotatable bonds is 4. The lowest BCUT2D eigenvalue weighted by atomic mass is 10.1. The van der Waals surface area contributed by atoms with Gasteiger partial charge in [0.15, 0.2) is 0 Å². The summed E-state index contributed by atoms with van der Waals surface area (Å²) in [5, 5.41) is 8.54. The predicted molar refractivity (Wildman–Crippen MR) is 51.4 cm³/mol. The molecule has 0 atom stereocenters. The third-order valence-electron chi connectivity index (χ3n) is 1.99. The largest absolute Gasteiger partial charge is 0.391 e. The molecule has 0 unspecified atom stereocenters. The van der Waals surface area contributed by atoms with Crippen molar-refractivity contribution in [2.24, 2.45) is 0 Å². The maximum atomic E-state index is 13.4. The molecule has 0 saturated heterocycles. The van der Waals surface area contributed by atoms with Crippen molar-refractivity contribution in [2.75, 3.05) is 6.61 Å². The average molecular weight is 247 g/mol. The molecule has 0 saturated carbocycles. The first-order valence-electron chi connectivity index (χ1n) is 4.76. The fourth-order valence-corrected chi connectivity index (χ4v) is 1.15. The van der Waals surface area contributed by atoms with Crippen LogP contribution in [0.2, 0.25) is 0 Å². The van der Waals surface area contributed by atoms with Crippen molar-refractivity contribution in [1.29, 1.82) is 5.26 Å². The molecule has 0 spiro atoms. The fraction of sp³-hybridized carbons (Fsp3) is 0.364. The highest BCUT2D eigenvalue weighted by Gasteiger charge is 2.26. The van der Waals surface area contributed by atoms with Crippen molar-refractivity contribution >= 4 is 0 Å². The number of ether oxygens (including phenoxy) is 1. The molecule has 0 bridgehead atoms. The van der Waals surface area contributed by atoms with Crippen molar-refractivity contribution < 1.29 is 22.3 Å². The molecule has 0 amide bonds. The third-order valence-corrected chi connectivity index (χ3v) is 1.99. The normalized spacial score (nSPS) is 11.2. The summed E-state index contributed by atoms with van der Waals surface area (Å²) in [5.74, 6) is -0.748. The van der Waals surface area contributed by atoms with Gasteiger partial charge < -0.3 is 4.74 Å². The molecule has 92 valence electrons. The molecule has 0 fully saturated rings. The summed E-state index contributed by atoms with van der Waals surface area (Å²) in [6, 6.07) is 5.74. The van der Waals surface area contributed by atoms with Crippen LogP contribution < -0.4 is 0 Å². The van der Waals surface area contributed by atoms with E-state index in [2.05, 4.69) is 0 Å². The first kappa shape index (κ1) is 13.5. The van der Waals surface area contributed by atoms with E-state index >= 15 is 0 Å². The Balaban J connectivity index is 2.51. The SMILES string of the molecule is N#Cc1cccc(COCCC(F)(F)F)c1F. The number of hydrogen-bond acceptors (Lipinski definition) is 2. The second-order valence-electron chi connectivity index (χ2n) is 3.31. The van der Waals surface area contributed by atoms with E-state index in [-0.39, 0.29) is 17.7 Å². The van der Waals surface area contributed by atoms with Crippen molar-refractivity contribution in [1.82, 2.24) is 0 Å². The van der Waals surface area contributed by atoms with Crippen LogP contribution in [0.25, 0.3) is 0 Å². The van der Waals surface area contributed by atoms with Crippen molar-refractivity contribution in [3.05, 3.63) is 35.1 Å². The Morgan fingerprint density at radius 3 is 2.59 bits per heavy atom. The van der Waals surface area contributed by atoms with E-state index in [0.717, 1.165) is 0 Å². The summed E-state index contributed by atoms with van der Waals surface area (Å²) in [6.45, 7) is -0.808. The Morgan fingerprint density at radius 1 is 1.29 bits per heavy atom. The second-order valence-corrected chi connectivity index (χ2v) is 3.31. The highest BCUT2D eigenvalue weighted by Crippen LogP contribution is 2.20. The van der Waals surface area contributed by atoms with Gasteiger partial charge in [0.1, 0.15) is 11.9 Å². The van der Waals surface area contributed by atoms with Gasteiger partial charge in [-0.3, -0.25) is 0 Å². The van der Waals surface area contributed by atoms with E-state index in [9.17, 15) is 17.6 Å². The second kappa shape index (κ2) is 5.64. The molecule has 0 aliphatic rings. The van der Waals surface area contributed by atoms with Gasteiger partial charge in [0.2, 0.25) is 0 Å². The van der Waals surface area contributed by atoms with E-state index in [4.69, 9.17) is 10.00 Å². The van der Waals surface area contributed by atoms with Crippen molar-refractivity contribution in [2.45, 2.75) is 19.2 Å². The highest BCUT2D eigenvalue weighted by molar-refractivity contribution is 5.34. The third kappa shape index (κ3) is 4.41. The summed E-state index contributed by atoms with van der Waals surface area (Å²) < 4.78 is 53.5. The van der Waals surface area contributed by atoms with Gasteiger partial charge in [-0.25, -0.2) is 4.39 Å². The van der Waals surface area contributed by atoms with Gasteiger partial charge in [0.05, 0.1) is 25.2 Å². The summed E-state index contributed by atoms with van der Waals surface area (Å²) >= 11 is 0. The molecule has 0 heterocycles. The molecule has 2 nitrogen and oxygen atoms in total. The molecule has 1 aromatic rings. The minimum atomic E-state index is -4.28. The number of nitrogens with zero attached hydrogens (tertiary/aromatic N) is 1. The topological polar surface area (TPSA) is 33.0 Å². The molecule has 0 N–H and O–H groups in total. The fourth-order valence-electron chi connectivity index (χ4n) is 1.15. The molecule has 0 aliphatic carbocycles. The average Bonchev–Trinajstić information content (AvgIpc) is 2.25. The molecule has 1 aromatic carbocycles. The van der Waals surface area contributed by atoms with Gasteiger partial charge in [-0.15, -0.1) is 0 Å². The zero-order valence-corrected chi connectivity index (χ0v) is 8.72. The van der Waals surface area contributed by atoms with Gasteiger partial charge in [-0.2, -0.15) is 18.4 Å². The Labute approximate surface area is 95.4 Å². The Bertz CT molecular complexity index is 422. The van der Waals surface area contributed by atoms with Crippen LogP contribution in [0.3, 0.4) is 0 Å². The van der Waals surface area contributed by atoms with Gasteiger partial charge in [0, 0.05) is 5.56 Å². The number of nitriles is 1. The molecular weight excluding hydrogens is 238 g/mol. The lowest BCUT2D eigenvalue weighted by Gasteiger charge is -2.08. The molecule has 17 heavy (non-hydrogen) atoms. The lowest BCUT2D eigenvalue weighted by molar-refractivity contribution is -0.146. The zero-order chi connectivity index (χ0) is 12.9. The number of halogens is 4. The predicted octanol–water partition coefficient (Wildman–Crippen LogP) is 3.17. The van der Waals surface area contributed by atoms with Gasteiger partial charge in [-0.05, 0) is 6.07 Å². The monoisotopic (exact) mass is 247 g/mol. The summed E-state index contributed by atoms with van der Waals surface area (Å²) in [4.78, 5) is 0. The molecule has 1 rings (SSSR count). The smallest absolute Gasteiger partial charge is 0.376 e. The van der Waals surface area contributed by atoms with Crippen molar-refractivity contribution in [3.63, 3.8) is 0 Å². The van der Waals surface area contributed by atoms with E-state index in [1.165, 1.54) is 18.2 Å². The van der Waals surface area contributed by atoms with Crippen LogP contribution >= 0.6 is 0 Å². The number of benzene rings is 1. The van der Waals surface area contributed by atoms with Crippen LogP contribution in [0, 0.1) is 17.1 Å². The summed E-state index contributed by atoms with van der Waals surface area (Å²) in [5.41, 5.74) is -0.0758. The van der Waals surface area contributed by atoms with Crippen LogP contribution in [0.5, 0.6) is 0 Å². The van der Waals surface area contributed by atoms with Crippen LogP contribution in [0.4, 0.5) is 17.6 Å². The molecule has 0 aromatic heterocycles. The number of hydrogen-bond donors (Lipinski definition) is 0. The summed E-state index contributed by atoms with van der Waals surface area (Å²) in [6.07, 6.45) is -5.36. The van der Waals surface area contributed by atoms with E-state index in [1.807, 2.05) is 0 Å². The first-order valence-corrected chi connectivity index (χ1v) is 4.76. The Kier molecular flexibility index (Phi) is 4.46. The van der Waals surface area contributed by atoms with Crippen LogP contribution in [0.15, 0.2) is 18.2 Å². The highest BCUT2D eigenvalue weighted by atomic mass is 19.4. The maximum Gasteiger partial charge on any atom is 0.391 e. The lowest BCUT2D eigenvalue weighted by Crippen LogP contribution is -2.11. The Hall–Kier alpha value is -1.61.